The molecule has 152 valence electrons. The number of aromatic nitrogens is 1. The highest BCUT2D eigenvalue weighted by Gasteiger charge is 2.52. The summed E-state index contributed by atoms with van der Waals surface area (Å²) in [6, 6.07) is 11.9. The number of allylic oxidation sites excluding steroid dienone is 1. The van der Waals surface area contributed by atoms with Crippen molar-refractivity contribution in [2.24, 2.45) is 29.6 Å². The van der Waals surface area contributed by atoms with E-state index >= 15 is 0 Å². The van der Waals surface area contributed by atoms with Gasteiger partial charge in [-0.15, -0.1) is 0 Å². The van der Waals surface area contributed by atoms with E-state index in [1.54, 1.807) is 0 Å². The topological polar surface area (TPSA) is 39.2 Å². The molecular formula is C25H28ClNO2. The predicted molar refractivity (Wildman–Crippen MR) is 117 cm³/mol. The first kappa shape index (κ1) is 20.2. The van der Waals surface area contributed by atoms with E-state index in [0.717, 1.165) is 34.7 Å². The molecule has 1 aromatic carbocycles. The molecule has 1 saturated heterocycles. The molecule has 0 bridgehead atoms. The Labute approximate surface area is 178 Å². The van der Waals surface area contributed by atoms with Gasteiger partial charge >= 0.3 is 5.97 Å². The van der Waals surface area contributed by atoms with Gasteiger partial charge in [-0.25, -0.2) is 0 Å². The van der Waals surface area contributed by atoms with Crippen molar-refractivity contribution in [1.29, 1.82) is 0 Å². The predicted octanol–water partition coefficient (Wildman–Crippen LogP) is 6.28. The van der Waals surface area contributed by atoms with Crippen LogP contribution < -0.4 is 0 Å². The van der Waals surface area contributed by atoms with E-state index in [9.17, 15) is 4.79 Å². The molecule has 2 heterocycles. The average molecular weight is 410 g/mol. The summed E-state index contributed by atoms with van der Waals surface area (Å²) in [7, 11) is 0. The SMILES string of the molecule is CC[C@H]1[C@H](C=Cc2ccc(-c3ccccc3Cl)cn2)[C@@H]2[C@@H](C)OC(=O)[C@@H]2C[C@@H]1C. The number of ether oxygens (including phenoxy) is 1. The van der Waals surface area contributed by atoms with Gasteiger partial charge in [-0.3, -0.25) is 9.78 Å². The zero-order valence-corrected chi connectivity index (χ0v) is 18.0. The molecule has 0 unspecified atom stereocenters. The lowest BCUT2D eigenvalue weighted by Gasteiger charge is -2.41. The second kappa shape index (κ2) is 8.31. The van der Waals surface area contributed by atoms with Crippen LogP contribution in [0.2, 0.25) is 5.02 Å². The first-order valence-corrected chi connectivity index (χ1v) is 11.0. The summed E-state index contributed by atoms with van der Waals surface area (Å²) >= 11 is 6.30. The van der Waals surface area contributed by atoms with Crippen molar-refractivity contribution in [3.05, 3.63) is 59.4 Å². The largest absolute Gasteiger partial charge is 0.462 e. The van der Waals surface area contributed by atoms with Crippen molar-refractivity contribution >= 4 is 23.6 Å². The lowest BCUT2D eigenvalue weighted by atomic mass is 9.61. The highest BCUT2D eigenvalue weighted by Crippen LogP contribution is 2.50. The molecule has 6 atom stereocenters. The number of cyclic esters (lactones) is 1. The number of halogens is 1. The third-order valence-corrected chi connectivity index (χ3v) is 7.17. The number of carbonyl (C=O) groups excluding carboxylic acids is 1. The molecular weight excluding hydrogens is 382 g/mol. The molecule has 0 N–H and O–H groups in total. The zero-order chi connectivity index (χ0) is 20.5. The Balaban J connectivity index is 1.58. The Hall–Kier alpha value is -2.13. The number of rotatable bonds is 4. The molecule has 3 nitrogen and oxygen atoms in total. The molecule has 2 fully saturated rings. The van der Waals surface area contributed by atoms with E-state index in [1.807, 2.05) is 43.5 Å². The smallest absolute Gasteiger partial charge is 0.309 e. The van der Waals surface area contributed by atoms with Crippen LogP contribution in [0, 0.1) is 29.6 Å². The molecule has 0 radical (unpaired) electrons. The maximum atomic E-state index is 12.3. The number of hydrogen-bond acceptors (Lipinski definition) is 3. The van der Waals surface area contributed by atoms with E-state index in [1.165, 1.54) is 0 Å². The van der Waals surface area contributed by atoms with Crippen molar-refractivity contribution < 1.29 is 9.53 Å². The number of pyridine rings is 1. The average Bonchev–Trinajstić information content (AvgIpc) is 3.00. The number of hydrogen-bond donors (Lipinski definition) is 0. The van der Waals surface area contributed by atoms with Gasteiger partial charge < -0.3 is 4.74 Å². The lowest BCUT2D eigenvalue weighted by molar-refractivity contribution is -0.144. The van der Waals surface area contributed by atoms with Gasteiger partial charge in [0, 0.05) is 28.3 Å². The fraction of sp³-hybridized carbons (Fsp3) is 0.440. The van der Waals surface area contributed by atoms with Gasteiger partial charge in [-0.1, -0.05) is 62.2 Å². The van der Waals surface area contributed by atoms with E-state index in [4.69, 9.17) is 16.3 Å². The molecule has 2 aliphatic rings. The second-order valence-electron chi connectivity index (χ2n) is 8.50. The molecule has 1 saturated carbocycles. The summed E-state index contributed by atoms with van der Waals surface area (Å²) in [6.45, 7) is 6.57. The molecule has 1 aliphatic carbocycles. The maximum Gasteiger partial charge on any atom is 0.309 e. The second-order valence-corrected chi connectivity index (χ2v) is 8.91. The summed E-state index contributed by atoms with van der Waals surface area (Å²) < 4.78 is 5.61. The number of fused-ring (bicyclic) bond motifs is 1. The highest BCUT2D eigenvalue weighted by atomic mass is 35.5. The third-order valence-electron chi connectivity index (χ3n) is 6.84. The number of benzene rings is 1. The van der Waals surface area contributed by atoms with Crippen LogP contribution in [0.15, 0.2) is 48.7 Å². The molecule has 4 rings (SSSR count). The number of carbonyl (C=O) groups is 1. The minimum absolute atomic E-state index is 0.00970. The van der Waals surface area contributed by atoms with E-state index in [2.05, 4.69) is 37.0 Å². The van der Waals surface area contributed by atoms with Crippen LogP contribution in [0.4, 0.5) is 0 Å². The van der Waals surface area contributed by atoms with Crippen molar-refractivity contribution in [3.63, 3.8) is 0 Å². The van der Waals surface area contributed by atoms with Crippen LogP contribution in [0.25, 0.3) is 17.2 Å². The molecule has 0 spiro atoms. The van der Waals surface area contributed by atoms with Crippen LogP contribution in [0.1, 0.15) is 39.3 Å². The molecule has 4 heteroatoms. The summed E-state index contributed by atoms with van der Waals surface area (Å²) in [5, 5.41) is 0.727. The lowest BCUT2D eigenvalue weighted by Crippen LogP contribution is -2.40. The minimum atomic E-state index is -0.0146. The summed E-state index contributed by atoms with van der Waals surface area (Å²) in [5.41, 5.74) is 2.92. The van der Waals surface area contributed by atoms with Gasteiger partial charge in [-0.05, 0) is 49.3 Å². The summed E-state index contributed by atoms with van der Waals surface area (Å²) in [6.07, 6.45) is 8.29. The number of esters is 1. The number of nitrogens with zero attached hydrogens (tertiary/aromatic N) is 1. The fourth-order valence-corrected chi connectivity index (χ4v) is 5.67. The normalized spacial score (nSPS) is 31.7. The van der Waals surface area contributed by atoms with Gasteiger partial charge in [0.2, 0.25) is 0 Å². The van der Waals surface area contributed by atoms with Crippen LogP contribution >= 0.6 is 11.6 Å². The zero-order valence-electron chi connectivity index (χ0n) is 17.2. The fourth-order valence-electron chi connectivity index (χ4n) is 5.42. The van der Waals surface area contributed by atoms with Crippen molar-refractivity contribution in [1.82, 2.24) is 4.98 Å². The van der Waals surface area contributed by atoms with Gasteiger partial charge in [0.05, 0.1) is 11.6 Å². The van der Waals surface area contributed by atoms with Crippen molar-refractivity contribution in [3.8, 4) is 11.1 Å². The van der Waals surface area contributed by atoms with Gasteiger partial charge in [0.25, 0.3) is 0 Å². The Morgan fingerprint density at radius 3 is 2.69 bits per heavy atom. The minimum Gasteiger partial charge on any atom is -0.462 e. The van der Waals surface area contributed by atoms with Crippen LogP contribution in [0.5, 0.6) is 0 Å². The van der Waals surface area contributed by atoms with E-state index < -0.39 is 0 Å². The summed E-state index contributed by atoms with van der Waals surface area (Å²) in [4.78, 5) is 16.9. The Morgan fingerprint density at radius 1 is 1.21 bits per heavy atom. The van der Waals surface area contributed by atoms with Crippen LogP contribution in [-0.4, -0.2) is 17.1 Å². The third kappa shape index (κ3) is 3.85. The van der Waals surface area contributed by atoms with E-state index in [0.29, 0.717) is 17.8 Å². The summed E-state index contributed by atoms with van der Waals surface area (Å²) in [5.74, 6) is 1.70. The molecule has 1 aliphatic heterocycles. The first-order valence-electron chi connectivity index (χ1n) is 10.6. The maximum absolute atomic E-state index is 12.3. The van der Waals surface area contributed by atoms with Gasteiger partial charge in [0.1, 0.15) is 6.10 Å². The van der Waals surface area contributed by atoms with E-state index in [-0.39, 0.29) is 23.9 Å². The molecule has 1 aromatic heterocycles. The molecule has 0 amide bonds. The quantitative estimate of drug-likeness (QED) is 0.558. The van der Waals surface area contributed by atoms with Crippen LogP contribution in [0.3, 0.4) is 0 Å². The van der Waals surface area contributed by atoms with Gasteiger partial charge in [-0.2, -0.15) is 0 Å². The molecule has 29 heavy (non-hydrogen) atoms. The first-order chi connectivity index (χ1) is 14.0. The Morgan fingerprint density at radius 2 is 2.00 bits per heavy atom. The Bertz CT molecular complexity index is 907. The van der Waals surface area contributed by atoms with Gasteiger partial charge in [0.15, 0.2) is 0 Å². The Kier molecular flexibility index (Phi) is 5.78. The standard InChI is InChI=1S/C25H28ClNO2/c1-4-19-15(2)13-22-24(16(3)29-25(22)28)21(19)12-11-18-10-9-17(14-27-18)20-7-5-6-8-23(20)26/h5-12,14-16,19,21-22,24H,4,13H2,1-3H3/t15-,16+,19+,21-,22+,24-/m0/s1. The van der Waals surface area contributed by atoms with Crippen molar-refractivity contribution in [2.45, 2.75) is 39.7 Å². The van der Waals surface area contributed by atoms with Crippen LogP contribution in [-0.2, 0) is 9.53 Å². The molecule has 2 aromatic rings. The monoisotopic (exact) mass is 409 g/mol. The highest BCUT2D eigenvalue weighted by molar-refractivity contribution is 6.33. The van der Waals surface area contributed by atoms with Crippen molar-refractivity contribution in [2.75, 3.05) is 0 Å².